The number of rotatable bonds is 6. The standard InChI is InChI=1S/C16H21F3N2O/c17-16(18,19)14(10-12-4-2-1-3-5-12)21-15(22)7-6-13-8-9-20-11-13/h1-5,13-14,20H,6-11H2,(H,21,22). The van der Waals surface area contributed by atoms with Crippen molar-refractivity contribution in [2.75, 3.05) is 13.1 Å². The fourth-order valence-corrected chi connectivity index (χ4v) is 2.66. The Labute approximate surface area is 128 Å². The zero-order valence-corrected chi connectivity index (χ0v) is 12.3. The average molecular weight is 314 g/mol. The van der Waals surface area contributed by atoms with E-state index in [1.54, 1.807) is 30.3 Å². The summed E-state index contributed by atoms with van der Waals surface area (Å²) in [6.07, 6.45) is -2.91. The van der Waals surface area contributed by atoms with Crippen molar-refractivity contribution in [3.63, 3.8) is 0 Å². The molecule has 0 aliphatic carbocycles. The summed E-state index contributed by atoms with van der Waals surface area (Å²) in [4.78, 5) is 11.8. The van der Waals surface area contributed by atoms with Crippen LogP contribution in [0.1, 0.15) is 24.8 Å². The highest BCUT2D eigenvalue weighted by atomic mass is 19.4. The lowest BCUT2D eigenvalue weighted by molar-refractivity contribution is -0.161. The summed E-state index contributed by atoms with van der Waals surface area (Å²) < 4.78 is 39.2. The van der Waals surface area contributed by atoms with Gasteiger partial charge in [-0.25, -0.2) is 0 Å². The maximum Gasteiger partial charge on any atom is 0.408 e. The number of hydrogen-bond donors (Lipinski definition) is 2. The summed E-state index contributed by atoms with van der Waals surface area (Å²) in [5.74, 6) is -0.130. The fourth-order valence-electron chi connectivity index (χ4n) is 2.66. The normalized spacial score (nSPS) is 19.9. The predicted molar refractivity (Wildman–Crippen MR) is 78.3 cm³/mol. The van der Waals surface area contributed by atoms with Crippen molar-refractivity contribution in [2.45, 2.75) is 37.9 Å². The van der Waals surface area contributed by atoms with E-state index >= 15 is 0 Å². The first kappa shape index (κ1) is 16.8. The van der Waals surface area contributed by atoms with E-state index in [2.05, 4.69) is 10.6 Å². The third-order valence-electron chi connectivity index (χ3n) is 3.96. The topological polar surface area (TPSA) is 41.1 Å². The Bertz CT molecular complexity index is 470. The van der Waals surface area contributed by atoms with Gasteiger partial charge in [-0.2, -0.15) is 13.2 Å². The minimum atomic E-state index is -4.44. The van der Waals surface area contributed by atoms with E-state index in [4.69, 9.17) is 0 Å². The van der Waals surface area contributed by atoms with Crippen LogP contribution in [0.3, 0.4) is 0 Å². The highest BCUT2D eigenvalue weighted by molar-refractivity contribution is 5.76. The number of alkyl halides is 3. The molecular formula is C16H21F3N2O. The number of halogens is 3. The van der Waals surface area contributed by atoms with Crippen LogP contribution in [0, 0.1) is 5.92 Å². The maximum absolute atomic E-state index is 13.1. The molecule has 1 aliphatic rings. The first-order valence-corrected chi connectivity index (χ1v) is 7.56. The van der Waals surface area contributed by atoms with Gasteiger partial charge in [0.05, 0.1) is 0 Å². The van der Waals surface area contributed by atoms with Crippen LogP contribution in [0.25, 0.3) is 0 Å². The van der Waals surface area contributed by atoms with Gasteiger partial charge < -0.3 is 10.6 Å². The Morgan fingerprint density at radius 1 is 1.32 bits per heavy atom. The van der Waals surface area contributed by atoms with Crippen LogP contribution < -0.4 is 10.6 Å². The highest BCUT2D eigenvalue weighted by Gasteiger charge is 2.40. The lowest BCUT2D eigenvalue weighted by atomic mass is 10.0. The Morgan fingerprint density at radius 2 is 2.05 bits per heavy atom. The van der Waals surface area contributed by atoms with Crippen LogP contribution in [0.4, 0.5) is 13.2 Å². The number of hydrogen-bond acceptors (Lipinski definition) is 2. The van der Waals surface area contributed by atoms with Gasteiger partial charge in [0.2, 0.25) is 5.91 Å². The number of carbonyl (C=O) groups excluding carboxylic acids is 1. The molecule has 1 aromatic rings. The SMILES string of the molecule is O=C(CCC1CCNC1)NC(Cc1ccccc1)C(F)(F)F. The molecule has 1 aromatic carbocycles. The number of nitrogens with one attached hydrogen (secondary N) is 2. The molecule has 122 valence electrons. The summed E-state index contributed by atoms with van der Waals surface area (Å²) in [5.41, 5.74) is 0.560. The summed E-state index contributed by atoms with van der Waals surface area (Å²) in [5, 5.41) is 5.33. The second-order valence-corrected chi connectivity index (χ2v) is 5.75. The summed E-state index contributed by atoms with van der Waals surface area (Å²) in [6, 6.07) is 6.57. The van der Waals surface area contributed by atoms with Gasteiger partial charge in [0.1, 0.15) is 6.04 Å². The lowest BCUT2D eigenvalue weighted by Gasteiger charge is -2.22. The first-order chi connectivity index (χ1) is 10.4. The monoisotopic (exact) mass is 314 g/mol. The van der Waals surface area contributed by atoms with E-state index in [0.717, 1.165) is 19.5 Å². The molecule has 6 heteroatoms. The Hall–Kier alpha value is -1.56. The molecule has 0 saturated carbocycles. The third kappa shape index (κ3) is 5.33. The van der Waals surface area contributed by atoms with Crippen molar-refractivity contribution in [3.05, 3.63) is 35.9 Å². The second-order valence-electron chi connectivity index (χ2n) is 5.75. The fraction of sp³-hybridized carbons (Fsp3) is 0.562. The molecule has 2 N–H and O–H groups in total. The van der Waals surface area contributed by atoms with E-state index in [9.17, 15) is 18.0 Å². The highest BCUT2D eigenvalue weighted by Crippen LogP contribution is 2.23. The Morgan fingerprint density at radius 3 is 2.64 bits per heavy atom. The molecule has 1 saturated heterocycles. The van der Waals surface area contributed by atoms with E-state index < -0.39 is 18.1 Å². The molecule has 2 unspecified atom stereocenters. The summed E-state index contributed by atoms with van der Waals surface area (Å²) in [7, 11) is 0. The van der Waals surface area contributed by atoms with Crippen LogP contribution in [-0.2, 0) is 11.2 Å². The largest absolute Gasteiger partial charge is 0.408 e. The molecule has 1 heterocycles. The molecule has 0 bridgehead atoms. The number of carbonyl (C=O) groups is 1. The van der Waals surface area contributed by atoms with Gasteiger partial charge in [-0.1, -0.05) is 30.3 Å². The maximum atomic E-state index is 13.1. The van der Waals surface area contributed by atoms with Crippen LogP contribution in [0.5, 0.6) is 0 Å². The van der Waals surface area contributed by atoms with Crippen LogP contribution in [-0.4, -0.2) is 31.2 Å². The average Bonchev–Trinajstić information content (AvgIpc) is 2.98. The Kier molecular flexibility index (Phi) is 5.83. The first-order valence-electron chi connectivity index (χ1n) is 7.56. The van der Waals surface area contributed by atoms with Crippen molar-refractivity contribution in [2.24, 2.45) is 5.92 Å². The van der Waals surface area contributed by atoms with Crippen molar-refractivity contribution in [3.8, 4) is 0 Å². The molecule has 22 heavy (non-hydrogen) atoms. The van der Waals surface area contributed by atoms with Gasteiger partial charge in [0.15, 0.2) is 0 Å². The number of benzene rings is 1. The summed E-state index contributed by atoms with van der Waals surface area (Å²) >= 11 is 0. The van der Waals surface area contributed by atoms with E-state index in [0.29, 0.717) is 17.9 Å². The van der Waals surface area contributed by atoms with E-state index in [1.807, 2.05) is 0 Å². The minimum absolute atomic E-state index is 0.147. The number of amides is 1. The molecule has 1 fully saturated rings. The van der Waals surface area contributed by atoms with Gasteiger partial charge >= 0.3 is 6.18 Å². The van der Waals surface area contributed by atoms with Crippen molar-refractivity contribution >= 4 is 5.91 Å². The molecule has 3 nitrogen and oxygen atoms in total. The molecule has 0 aromatic heterocycles. The molecule has 0 radical (unpaired) electrons. The third-order valence-corrected chi connectivity index (χ3v) is 3.96. The summed E-state index contributed by atoms with van der Waals surface area (Å²) in [6.45, 7) is 1.77. The zero-order chi connectivity index (χ0) is 16.0. The van der Waals surface area contributed by atoms with Gasteiger partial charge in [-0.15, -0.1) is 0 Å². The molecular weight excluding hydrogens is 293 g/mol. The van der Waals surface area contributed by atoms with Gasteiger partial charge in [-0.3, -0.25) is 4.79 Å². The van der Waals surface area contributed by atoms with Crippen molar-refractivity contribution in [1.82, 2.24) is 10.6 Å². The van der Waals surface area contributed by atoms with Gasteiger partial charge in [-0.05, 0) is 37.4 Å². The van der Waals surface area contributed by atoms with Gasteiger partial charge in [0.25, 0.3) is 0 Å². The van der Waals surface area contributed by atoms with Crippen LogP contribution in [0.2, 0.25) is 0 Å². The smallest absolute Gasteiger partial charge is 0.344 e. The molecule has 2 atom stereocenters. The molecule has 0 spiro atoms. The zero-order valence-electron chi connectivity index (χ0n) is 12.3. The Balaban J connectivity index is 1.87. The second kappa shape index (κ2) is 7.63. The van der Waals surface area contributed by atoms with E-state index in [-0.39, 0.29) is 12.8 Å². The quantitative estimate of drug-likeness (QED) is 0.847. The van der Waals surface area contributed by atoms with Crippen LogP contribution in [0.15, 0.2) is 30.3 Å². The van der Waals surface area contributed by atoms with Crippen molar-refractivity contribution in [1.29, 1.82) is 0 Å². The predicted octanol–water partition coefficient (Wildman–Crippen LogP) is 2.67. The molecule has 1 amide bonds. The lowest BCUT2D eigenvalue weighted by Crippen LogP contribution is -2.46. The minimum Gasteiger partial charge on any atom is -0.344 e. The molecule has 2 rings (SSSR count). The van der Waals surface area contributed by atoms with Crippen molar-refractivity contribution < 1.29 is 18.0 Å². The van der Waals surface area contributed by atoms with Crippen LogP contribution >= 0.6 is 0 Å². The van der Waals surface area contributed by atoms with Gasteiger partial charge in [0, 0.05) is 12.8 Å². The molecule has 1 aliphatic heterocycles. The van der Waals surface area contributed by atoms with E-state index in [1.165, 1.54) is 0 Å².